The Morgan fingerprint density at radius 2 is 1.89 bits per heavy atom. The van der Waals surface area contributed by atoms with Gasteiger partial charge in [0.15, 0.2) is 11.6 Å². The van der Waals surface area contributed by atoms with Crippen molar-refractivity contribution in [1.29, 1.82) is 0 Å². The number of hydrogen-bond donors (Lipinski definition) is 1. The van der Waals surface area contributed by atoms with Crippen LogP contribution in [0.1, 0.15) is 25.1 Å². The summed E-state index contributed by atoms with van der Waals surface area (Å²) in [5.41, 5.74) is 0.608. The lowest BCUT2D eigenvalue weighted by Crippen LogP contribution is -1.97. The second-order valence-corrected chi connectivity index (χ2v) is 5.17. The van der Waals surface area contributed by atoms with Crippen molar-refractivity contribution in [3.8, 4) is 0 Å². The lowest BCUT2D eigenvalue weighted by Gasteiger charge is -2.07. The molecule has 2 nitrogen and oxygen atoms in total. The van der Waals surface area contributed by atoms with Gasteiger partial charge in [0, 0.05) is 16.0 Å². The van der Waals surface area contributed by atoms with E-state index in [-0.39, 0.29) is 0 Å². The third-order valence-corrected chi connectivity index (χ3v) is 3.58. The van der Waals surface area contributed by atoms with Crippen LogP contribution in [0.15, 0.2) is 46.3 Å². The smallest absolute Gasteiger partial charge is 0.159 e. The zero-order valence-electron chi connectivity index (χ0n) is 10.3. The van der Waals surface area contributed by atoms with Crippen molar-refractivity contribution in [3.63, 3.8) is 0 Å². The summed E-state index contributed by atoms with van der Waals surface area (Å²) >= 11 is 1.29. The van der Waals surface area contributed by atoms with Crippen LogP contribution >= 0.6 is 11.8 Å². The molecule has 0 saturated carbocycles. The maximum absolute atomic E-state index is 13.1. The predicted molar refractivity (Wildman–Crippen MR) is 70.0 cm³/mol. The van der Waals surface area contributed by atoms with Gasteiger partial charge >= 0.3 is 0 Å². The fraction of sp³-hybridized carbons (Fsp3) is 0.214. The fourth-order valence-corrected chi connectivity index (χ4v) is 2.35. The standard InChI is InChI=1S/C14H13F2NOS/c1-2-14(18)13-6-4-10(8-17-13)19-9-3-5-11(15)12(16)7-9/h3-8,14,18H,2H2,1H3. The quantitative estimate of drug-likeness (QED) is 0.921. The Balaban J connectivity index is 2.12. The fourth-order valence-electron chi connectivity index (χ4n) is 1.53. The summed E-state index contributed by atoms with van der Waals surface area (Å²) < 4.78 is 25.9. The van der Waals surface area contributed by atoms with Crippen LogP contribution in [0.25, 0.3) is 0 Å². The Morgan fingerprint density at radius 3 is 2.47 bits per heavy atom. The molecule has 1 atom stereocenters. The van der Waals surface area contributed by atoms with Crippen molar-refractivity contribution < 1.29 is 13.9 Å². The normalized spacial score (nSPS) is 12.4. The first-order valence-electron chi connectivity index (χ1n) is 5.87. The van der Waals surface area contributed by atoms with E-state index in [1.165, 1.54) is 17.8 Å². The van der Waals surface area contributed by atoms with Gasteiger partial charge in [0.1, 0.15) is 0 Å². The van der Waals surface area contributed by atoms with E-state index in [2.05, 4.69) is 4.98 Å². The summed E-state index contributed by atoms with van der Waals surface area (Å²) in [6.07, 6.45) is 1.64. The van der Waals surface area contributed by atoms with Crippen molar-refractivity contribution in [2.45, 2.75) is 29.2 Å². The molecule has 0 bridgehead atoms. The van der Waals surface area contributed by atoms with Gasteiger partial charge in [0.25, 0.3) is 0 Å². The van der Waals surface area contributed by atoms with Gasteiger partial charge in [-0.3, -0.25) is 4.98 Å². The van der Waals surface area contributed by atoms with E-state index in [1.807, 2.05) is 6.92 Å². The maximum atomic E-state index is 13.1. The minimum atomic E-state index is -0.865. The van der Waals surface area contributed by atoms with Gasteiger partial charge in [-0.25, -0.2) is 8.78 Å². The lowest BCUT2D eigenvalue weighted by molar-refractivity contribution is 0.169. The molecule has 0 amide bonds. The highest BCUT2D eigenvalue weighted by molar-refractivity contribution is 7.99. The summed E-state index contributed by atoms with van der Waals surface area (Å²) in [6.45, 7) is 1.87. The number of rotatable bonds is 4. The van der Waals surface area contributed by atoms with Crippen LogP contribution in [0.5, 0.6) is 0 Å². The highest BCUT2D eigenvalue weighted by Crippen LogP contribution is 2.28. The van der Waals surface area contributed by atoms with Gasteiger partial charge in [-0.05, 0) is 36.8 Å². The molecule has 1 unspecified atom stereocenters. The maximum Gasteiger partial charge on any atom is 0.159 e. The molecule has 1 aromatic heterocycles. The van der Waals surface area contributed by atoms with Gasteiger partial charge in [-0.15, -0.1) is 0 Å². The van der Waals surface area contributed by atoms with E-state index < -0.39 is 17.7 Å². The van der Waals surface area contributed by atoms with Crippen LogP contribution in [0.2, 0.25) is 0 Å². The van der Waals surface area contributed by atoms with Gasteiger partial charge in [0.05, 0.1) is 11.8 Å². The molecule has 0 fully saturated rings. The molecule has 1 heterocycles. The number of nitrogens with zero attached hydrogens (tertiary/aromatic N) is 1. The van der Waals surface area contributed by atoms with Gasteiger partial charge in [-0.1, -0.05) is 18.7 Å². The molecule has 0 aliphatic rings. The van der Waals surface area contributed by atoms with Crippen LogP contribution in [0.3, 0.4) is 0 Å². The van der Waals surface area contributed by atoms with Crippen molar-refractivity contribution >= 4 is 11.8 Å². The lowest BCUT2D eigenvalue weighted by atomic mass is 10.2. The van der Waals surface area contributed by atoms with Crippen LogP contribution in [0.4, 0.5) is 8.78 Å². The van der Waals surface area contributed by atoms with Crippen LogP contribution in [-0.2, 0) is 0 Å². The van der Waals surface area contributed by atoms with E-state index in [0.29, 0.717) is 17.0 Å². The number of pyridine rings is 1. The minimum absolute atomic E-state index is 0.567. The Hall–Kier alpha value is -1.46. The highest BCUT2D eigenvalue weighted by atomic mass is 32.2. The third-order valence-electron chi connectivity index (χ3n) is 2.61. The van der Waals surface area contributed by atoms with Crippen molar-refractivity contribution in [1.82, 2.24) is 4.98 Å². The van der Waals surface area contributed by atoms with E-state index in [0.717, 1.165) is 17.0 Å². The molecule has 5 heteroatoms. The predicted octanol–water partition coefficient (Wildman–Crippen LogP) is 3.95. The summed E-state index contributed by atoms with van der Waals surface area (Å²) in [6, 6.07) is 7.29. The number of hydrogen-bond acceptors (Lipinski definition) is 3. The Morgan fingerprint density at radius 1 is 1.16 bits per heavy atom. The topological polar surface area (TPSA) is 33.1 Å². The molecule has 1 aromatic carbocycles. The molecule has 1 N–H and O–H groups in total. The minimum Gasteiger partial charge on any atom is -0.387 e. The van der Waals surface area contributed by atoms with Gasteiger partial charge < -0.3 is 5.11 Å². The summed E-state index contributed by atoms with van der Waals surface area (Å²) in [5, 5.41) is 9.62. The first-order valence-corrected chi connectivity index (χ1v) is 6.68. The number of benzene rings is 1. The number of aliphatic hydroxyl groups excluding tert-OH is 1. The molecular formula is C14H13F2NOS. The van der Waals surface area contributed by atoms with E-state index >= 15 is 0 Å². The Labute approximate surface area is 114 Å². The van der Waals surface area contributed by atoms with Gasteiger partial charge in [-0.2, -0.15) is 0 Å². The third kappa shape index (κ3) is 3.52. The van der Waals surface area contributed by atoms with E-state index in [4.69, 9.17) is 0 Å². The van der Waals surface area contributed by atoms with E-state index in [1.54, 1.807) is 18.3 Å². The highest BCUT2D eigenvalue weighted by Gasteiger charge is 2.07. The first-order chi connectivity index (χ1) is 9.10. The van der Waals surface area contributed by atoms with Crippen molar-refractivity contribution in [2.75, 3.05) is 0 Å². The molecule has 0 aliphatic carbocycles. The number of halogens is 2. The van der Waals surface area contributed by atoms with Crippen LogP contribution in [0, 0.1) is 11.6 Å². The second-order valence-electron chi connectivity index (χ2n) is 4.02. The van der Waals surface area contributed by atoms with Gasteiger partial charge in [0.2, 0.25) is 0 Å². The number of aromatic nitrogens is 1. The molecular weight excluding hydrogens is 268 g/mol. The summed E-state index contributed by atoms with van der Waals surface area (Å²) in [5.74, 6) is -1.72. The largest absolute Gasteiger partial charge is 0.387 e. The van der Waals surface area contributed by atoms with Crippen molar-refractivity contribution in [3.05, 3.63) is 53.9 Å². The molecule has 0 radical (unpaired) electrons. The molecule has 100 valence electrons. The average molecular weight is 281 g/mol. The molecule has 0 aliphatic heterocycles. The summed E-state index contributed by atoms with van der Waals surface area (Å²) in [4.78, 5) is 5.55. The molecule has 2 aromatic rings. The summed E-state index contributed by atoms with van der Waals surface area (Å²) in [7, 11) is 0. The Bertz CT molecular complexity index is 560. The zero-order chi connectivity index (χ0) is 13.8. The second kappa shape index (κ2) is 6.12. The van der Waals surface area contributed by atoms with Crippen LogP contribution < -0.4 is 0 Å². The molecule has 2 rings (SSSR count). The zero-order valence-corrected chi connectivity index (χ0v) is 11.1. The average Bonchev–Trinajstić information content (AvgIpc) is 2.43. The molecule has 19 heavy (non-hydrogen) atoms. The SMILES string of the molecule is CCC(O)c1ccc(Sc2ccc(F)c(F)c2)cn1. The molecule has 0 saturated heterocycles. The Kier molecular flexibility index (Phi) is 4.50. The first kappa shape index (κ1) is 14.0. The molecule has 0 spiro atoms. The monoisotopic (exact) mass is 281 g/mol. The van der Waals surface area contributed by atoms with Crippen molar-refractivity contribution in [2.24, 2.45) is 0 Å². The van der Waals surface area contributed by atoms with Crippen LogP contribution in [-0.4, -0.2) is 10.1 Å². The number of aliphatic hydroxyl groups is 1. The van der Waals surface area contributed by atoms with E-state index in [9.17, 15) is 13.9 Å².